The zero-order valence-corrected chi connectivity index (χ0v) is 22.3. The highest BCUT2D eigenvalue weighted by atomic mass is 32.1. The van der Waals surface area contributed by atoms with E-state index in [1.807, 2.05) is 13.8 Å². The molecule has 2 aromatic heterocycles. The second kappa shape index (κ2) is 8.65. The number of anilines is 2. The van der Waals surface area contributed by atoms with E-state index in [1.165, 1.54) is 27.2 Å². The number of benzene rings is 3. The molecule has 0 saturated heterocycles. The highest BCUT2D eigenvalue weighted by Crippen LogP contribution is 2.54. The zero-order valence-electron chi connectivity index (χ0n) is 21.5. The number of carbonyl (C=O) groups excluding carboxylic acids is 2. The molecule has 0 saturated carbocycles. The van der Waals surface area contributed by atoms with Crippen molar-refractivity contribution in [2.24, 2.45) is 0 Å². The molecule has 7 rings (SSSR count). The monoisotopic (exact) mass is 552 g/mol. The summed E-state index contributed by atoms with van der Waals surface area (Å²) in [6.45, 7) is 3.65. The number of rotatable bonds is 4. The van der Waals surface area contributed by atoms with Crippen molar-refractivity contribution in [3.05, 3.63) is 116 Å². The third-order valence-electron chi connectivity index (χ3n) is 7.52. The smallest absolute Gasteiger partial charge is 0.297 e. The second-order valence-electron chi connectivity index (χ2n) is 9.82. The molecule has 2 aliphatic heterocycles. The van der Waals surface area contributed by atoms with Crippen molar-refractivity contribution in [1.29, 1.82) is 0 Å². The minimum atomic E-state index is -1.91. The Bertz CT molecular complexity index is 1950. The molecule has 1 atom stereocenters. The highest BCUT2D eigenvalue weighted by Gasteiger charge is 2.66. The summed E-state index contributed by atoms with van der Waals surface area (Å²) in [4.78, 5) is 46.0. The van der Waals surface area contributed by atoms with Crippen LogP contribution in [0.1, 0.15) is 44.7 Å². The maximum absolute atomic E-state index is 14.8. The van der Waals surface area contributed by atoms with E-state index in [0.717, 1.165) is 5.56 Å². The lowest BCUT2D eigenvalue weighted by molar-refractivity contribution is -0.121. The fourth-order valence-electron chi connectivity index (χ4n) is 5.71. The van der Waals surface area contributed by atoms with E-state index in [1.54, 1.807) is 60.7 Å². The van der Waals surface area contributed by atoms with Crippen molar-refractivity contribution in [3.8, 4) is 0 Å². The minimum Gasteiger partial charge on any atom is -0.450 e. The first-order chi connectivity index (χ1) is 19.4. The molecule has 0 fully saturated rings. The van der Waals surface area contributed by atoms with Crippen molar-refractivity contribution >= 4 is 44.9 Å². The van der Waals surface area contributed by atoms with Crippen LogP contribution in [0.25, 0.3) is 11.0 Å². The first kappa shape index (κ1) is 24.3. The summed E-state index contributed by atoms with van der Waals surface area (Å²) in [7, 11) is 0. The van der Waals surface area contributed by atoms with Crippen molar-refractivity contribution < 1.29 is 18.4 Å². The highest BCUT2D eigenvalue weighted by molar-refractivity contribution is 7.15. The van der Waals surface area contributed by atoms with Crippen molar-refractivity contribution in [3.63, 3.8) is 0 Å². The molecule has 0 aliphatic carbocycles. The van der Waals surface area contributed by atoms with Gasteiger partial charge in [0.15, 0.2) is 11.0 Å². The van der Waals surface area contributed by atoms with Crippen LogP contribution in [-0.4, -0.2) is 22.0 Å². The zero-order chi connectivity index (χ0) is 27.8. The van der Waals surface area contributed by atoms with E-state index < -0.39 is 28.6 Å². The van der Waals surface area contributed by atoms with Crippen LogP contribution in [0.2, 0.25) is 0 Å². The summed E-state index contributed by atoms with van der Waals surface area (Å²) in [5, 5.41) is 9.55. The van der Waals surface area contributed by atoms with Gasteiger partial charge >= 0.3 is 0 Å². The van der Waals surface area contributed by atoms with Gasteiger partial charge in [0.05, 0.1) is 23.2 Å². The third kappa shape index (κ3) is 3.13. The summed E-state index contributed by atoms with van der Waals surface area (Å²) >= 11 is 1.17. The molecule has 0 radical (unpaired) electrons. The average Bonchev–Trinajstić information content (AvgIpc) is 3.60. The molecule has 3 aromatic carbocycles. The Morgan fingerprint density at radius 3 is 2.55 bits per heavy atom. The SMILES string of the molecule is CCc1nnc(N2C(=O)c3oc4ccc(C)cc4c(=O)c3C23C(=O)N(Cc2ccccc2F)c2ccccc23)s1. The minimum absolute atomic E-state index is 0.0719. The van der Waals surface area contributed by atoms with Gasteiger partial charge in [0.25, 0.3) is 11.8 Å². The predicted octanol–water partition coefficient (Wildman–Crippen LogP) is 5.11. The molecule has 198 valence electrons. The molecule has 40 heavy (non-hydrogen) atoms. The van der Waals surface area contributed by atoms with Crippen LogP contribution < -0.4 is 15.2 Å². The maximum Gasteiger partial charge on any atom is 0.297 e. The molecule has 0 bridgehead atoms. The summed E-state index contributed by atoms with van der Waals surface area (Å²) < 4.78 is 20.9. The Hall–Kier alpha value is -4.70. The van der Waals surface area contributed by atoms with Crippen LogP contribution >= 0.6 is 11.3 Å². The molecular formula is C30H21FN4O4S. The summed E-state index contributed by atoms with van der Waals surface area (Å²) in [6, 6.07) is 18.3. The van der Waals surface area contributed by atoms with Gasteiger partial charge in [-0.2, -0.15) is 0 Å². The first-order valence-electron chi connectivity index (χ1n) is 12.8. The summed E-state index contributed by atoms with van der Waals surface area (Å²) in [6.07, 6.45) is 0.573. The van der Waals surface area contributed by atoms with E-state index in [9.17, 15) is 18.8 Å². The van der Waals surface area contributed by atoms with E-state index in [0.29, 0.717) is 28.2 Å². The lowest BCUT2D eigenvalue weighted by Gasteiger charge is -2.32. The molecule has 5 aromatic rings. The van der Waals surface area contributed by atoms with Crippen molar-refractivity contribution in [2.45, 2.75) is 32.4 Å². The normalized spacial score (nSPS) is 17.8. The van der Waals surface area contributed by atoms with E-state index in [4.69, 9.17) is 4.42 Å². The lowest BCUT2D eigenvalue weighted by atomic mass is 9.84. The number of amides is 2. The van der Waals surface area contributed by atoms with Gasteiger partial charge in [-0.3, -0.25) is 19.3 Å². The topological polar surface area (TPSA) is 96.6 Å². The summed E-state index contributed by atoms with van der Waals surface area (Å²) in [5.41, 5.74) is -0.217. The van der Waals surface area contributed by atoms with Crippen molar-refractivity contribution in [2.75, 3.05) is 9.80 Å². The molecule has 2 aliphatic rings. The van der Waals surface area contributed by atoms with Gasteiger partial charge in [-0.15, -0.1) is 10.2 Å². The van der Waals surface area contributed by atoms with Gasteiger partial charge in [0.1, 0.15) is 16.4 Å². The summed E-state index contributed by atoms with van der Waals surface area (Å²) in [5.74, 6) is -1.92. The maximum atomic E-state index is 14.8. The van der Waals surface area contributed by atoms with Crippen LogP contribution in [0, 0.1) is 12.7 Å². The quantitative estimate of drug-likeness (QED) is 0.308. The molecule has 1 unspecified atom stereocenters. The van der Waals surface area contributed by atoms with E-state index in [2.05, 4.69) is 10.2 Å². The number of fused-ring (bicyclic) bond motifs is 5. The van der Waals surface area contributed by atoms with Crippen molar-refractivity contribution in [1.82, 2.24) is 10.2 Å². The van der Waals surface area contributed by atoms with Gasteiger partial charge in [-0.05, 0) is 37.6 Å². The van der Waals surface area contributed by atoms with Crippen LogP contribution in [0.4, 0.5) is 15.2 Å². The number of aromatic nitrogens is 2. The molecule has 0 N–H and O–H groups in total. The van der Waals surface area contributed by atoms with Crippen LogP contribution in [0.3, 0.4) is 0 Å². The molecule has 2 amide bonds. The number of hydrogen-bond acceptors (Lipinski definition) is 7. The number of para-hydroxylation sites is 1. The third-order valence-corrected chi connectivity index (χ3v) is 8.57. The standard InChI is InChI=1S/C30H21FN4O4S/c1-3-23-32-33-29(40-23)35-27(37)26-24(25(36)18-14-16(2)12-13-22(18)39-26)30(35)19-9-5-7-11-21(19)34(28(30)38)15-17-8-4-6-10-20(17)31/h4-14H,3,15H2,1-2H3. The largest absolute Gasteiger partial charge is 0.450 e. The Balaban J connectivity index is 1.56. The van der Waals surface area contributed by atoms with Crippen LogP contribution in [0.5, 0.6) is 0 Å². The number of hydrogen-bond donors (Lipinski definition) is 0. The van der Waals surface area contributed by atoms with Gasteiger partial charge in [0, 0.05) is 11.1 Å². The van der Waals surface area contributed by atoms with Gasteiger partial charge < -0.3 is 9.32 Å². The molecule has 10 heteroatoms. The number of nitrogens with zero attached hydrogens (tertiary/aromatic N) is 4. The Kier molecular flexibility index (Phi) is 5.27. The van der Waals surface area contributed by atoms with Crippen LogP contribution in [-0.2, 0) is 23.3 Å². The van der Waals surface area contributed by atoms with Gasteiger partial charge in [0.2, 0.25) is 10.9 Å². The Morgan fingerprint density at radius 2 is 1.77 bits per heavy atom. The molecule has 8 nitrogen and oxygen atoms in total. The van der Waals surface area contributed by atoms with Crippen LogP contribution in [0.15, 0.2) is 75.9 Å². The van der Waals surface area contributed by atoms with E-state index in [-0.39, 0.29) is 34.0 Å². The van der Waals surface area contributed by atoms with Gasteiger partial charge in [-0.25, -0.2) is 4.39 Å². The average molecular weight is 553 g/mol. The molecule has 4 heterocycles. The second-order valence-corrected chi connectivity index (χ2v) is 10.9. The van der Waals surface area contributed by atoms with Gasteiger partial charge in [-0.1, -0.05) is 66.3 Å². The number of aryl methyl sites for hydroxylation is 2. The number of carbonyl (C=O) groups is 2. The lowest BCUT2D eigenvalue weighted by Crippen LogP contribution is -2.53. The number of halogens is 1. The Labute approximate surface area is 231 Å². The predicted molar refractivity (Wildman–Crippen MR) is 148 cm³/mol. The first-order valence-corrected chi connectivity index (χ1v) is 13.6. The fourth-order valence-corrected chi connectivity index (χ4v) is 6.54. The molecular weight excluding hydrogens is 531 g/mol. The van der Waals surface area contributed by atoms with E-state index >= 15 is 0 Å². The Morgan fingerprint density at radius 1 is 1.00 bits per heavy atom. The molecule has 1 spiro atoms. The fraction of sp³-hybridized carbons (Fsp3) is 0.167.